The zero-order valence-corrected chi connectivity index (χ0v) is 19.4. The highest BCUT2D eigenvalue weighted by atomic mass is 32.1. The summed E-state index contributed by atoms with van der Waals surface area (Å²) in [6.45, 7) is 11.4. The number of thiophene rings is 1. The van der Waals surface area contributed by atoms with E-state index in [9.17, 15) is 14.4 Å². The van der Waals surface area contributed by atoms with Gasteiger partial charge in [0.05, 0.1) is 22.9 Å². The lowest BCUT2D eigenvalue weighted by molar-refractivity contribution is -0.136. The summed E-state index contributed by atoms with van der Waals surface area (Å²) in [6, 6.07) is 1.35. The molecule has 2 aromatic heterocycles. The van der Waals surface area contributed by atoms with Crippen molar-refractivity contribution < 1.29 is 19.1 Å². The van der Waals surface area contributed by atoms with Crippen LogP contribution in [-0.4, -0.2) is 70.3 Å². The van der Waals surface area contributed by atoms with Crippen molar-refractivity contribution >= 4 is 34.9 Å². The Bertz CT molecular complexity index is 955. The Hall–Kier alpha value is -2.88. The third-order valence-electron chi connectivity index (χ3n) is 5.43. The van der Waals surface area contributed by atoms with E-state index in [1.807, 2.05) is 19.9 Å². The number of rotatable bonds is 5. The number of hydrogen-bond acceptors (Lipinski definition) is 6. The van der Waals surface area contributed by atoms with Crippen molar-refractivity contribution in [2.45, 2.75) is 40.7 Å². The summed E-state index contributed by atoms with van der Waals surface area (Å²) < 4.78 is 6.60. The van der Waals surface area contributed by atoms with Gasteiger partial charge in [0.2, 0.25) is 5.91 Å². The minimum Gasteiger partial charge on any atom is -0.450 e. The van der Waals surface area contributed by atoms with E-state index in [0.717, 1.165) is 10.4 Å². The molecule has 2 aromatic rings. The lowest BCUT2D eigenvalue weighted by Gasteiger charge is -2.35. The van der Waals surface area contributed by atoms with Gasteiger partial charge in [-0.1, -0.05) is 0 Å². The molecular formula is C21H29N5O4S. The number of aromatic nitrogens is 2. The number of carbonyl (C=O) groups is 3. The summed E-state index contributed by atoms with van der Waals surface area (Å²) in [7, 11) is 0. The van der Waals surface area contributed by atoms with Crippen molar-refractivity contribution in [1.29, 1.82) is 0 Å². The number of ether oxygens (including phenoxy) is 1. The van der Waals surface area contributed by atoms with Crippen LogP contribution in [0.2, 0.25) is 0 Å². The normalized spacial score (nSPS) is 15.0. The average molecular weight is 448 g/mol. The van der Waals surface area contributed by atoms with Gasteiger partial charge in [-0.3, -0.25) is 14.3 Å². The lowest BCUT2D eigenvalue weighted by atomic mass is 10.2. The maximum atomic E-state index is 12.9. The molecule has 0 spiro atoms. The van der Waals surface area contributed by atoms with E-state index in [2.05, 4.69) is 10.4 Å². The first-order valence-electron chi connectivity index (χ1n) is 10.4. The molecule has 1 atom stereocenters. The van der Waals surface area contributed by atoms with Gasteiger partial charge in [0, 0.05) is 37.3 Å². The molecule has 9 nitrogen and oxygen atoms in total. The maximum Gasteiger partial charge on any atom is 0.409 e. The summed E-state index contributed by atoms with van der Waals surface area (Å²) in [5, 5.41) is 7.33. The molecule has 0 saturated carbocycles. The van der Waals surface area contributed by atoms with E-state index in [1.54, 1.807) is 41.4 Å². The van der Waals surface area contributed by atoms with Crippen LogP contribution in [0, 0.1) is 20.8 Å². The SMILES string of the molecule is CCOC(=O)N1CCN(C(=O)[C@@H](C)n2cc(NC(=O)c3cc(C)c(C)s3)c(C)n2)CC1. The van der Waals surface area contributed by atoms with Gasteiger partial charge >= 0.3 is 6.09 Å². The number of carbonyl (C=O) groups excluding carboxylic acids is 3. The average Bonchev–Trinajstić information content (AvgIpc) is 3.29. The van der Waals surface area contributed by atoms with Crippen LogP contribution >= 0.6 is 11.3 Å². The fourth-order valence-corrected chi connectivity index (χ4v) is 4.30. The molecule has 1 N–H and O–H groups in total. The Balaban J connectivity index is 1.62. The lowest BCUT2D eigenvalue weighted by Crippen LogP contribution is -2.52. The summed E-state index contributed by atoms with van der Waals surface area (Å²) in [4.78, 5) is 42.4. The minimum atomic E-state index is -0.523. The second kappa shape index (κ2) is 9.51. The van der Waals surface area contributed by atoms with Gasteiger partial charge in [-0.2, -0.15) is 5.10 Å². The highest BCUT2D eigenvalue weighted by Gasteiger charge is 2.29. The smallest absolute Gasteiger partial charge is 0.409 e. The first-order chi connectivity index (χ1) is 14.7. The van der Waals surface area contributed by atoms with Crippen molar-refractivity contribution in [3.63, 3.8) is 0 Å². The topological polar surface area (TPSA) is 96.8 Å². The number of anilines is 1. The van der Waals surface area contributed by atoms with E-state index >= 15 is 0 Å². The standard InChI is InChI=1S/C21H29N5O4S/c1-6-30-21(29)25-9-7-24(8-10-25)20(28)15(4)26-12-17(14(3)23-26)22-19(27)18-11-13(2)16(5)31-18/h11-12,15H,6-10H2,1-5H3,(H,22,27)/t15-/m1/s1. The van der Waals surface area contributed by atoms with Gasteiger partial charge < -0.3 is 19.9 Å². The second-order valence-electron chi connectivity index (χ2n) is 7.60. The largest absolute Gasteiger partial charge is 0.450 e. The molecule has 168 valence electrons. The van der Waals surface area contributed by atoms with Gasteiger partial charge in [-0.25, -0.2) is 4.79 Å². The fraction of sp³-hybridized carbons (Fsp3) is 0.524. The highest BCUT2D eigenvalue weighted by Crippen LogP contribution is 2.23. The molecule has 3 amide bonds. The molecule has 3 heterocycles. The van der Waals surface area contributed by atoms with Crippen molar-refractivity contribution in [2.75, 3.05) is 38.1 Å². The highest BCUT2D eigenvalue weighted by molar-refractivity contribution is 7.14. The molecule has 31 heavy (non-hydrogen) atoms. The third-order valence-corrected chi connectivity index (χ3v) is 6.58. The monoisotopic (exact) mass is 447 g/mol. The van der Waals surface area contributed by atoms with Crippen LogP contribution in [0.5, 0.6) is 0 Å². The van der Waals surface area contributed by atoms with Crippen LogP contribution in [0.15, 0.2) is 12.3 Å². The molecule has 0 bridgehead atoms. The first kappa shape index (κ1) is 22.8. The summed E-state index contributed by atoms with van der Waals surface area (Å²) in [5.41, 5.74) is 2.32. The third kappa shape index (κ3) is 5.07. The van der Waals surface area contributed by atoms with Gasteiger partial charge in [-0.15, -0.1) is 11.3 Å². The van der Waals surface area contributed by atoms with Crippen LogP contribution < -0.4 is 5.32 Å². The Morgan fingerprint density at radius 3 is 2.39 bits per heavy atom. The Morgan fingerprint density at radius 2 is 1.81 bits per heavy atom. The molecular weight excluding hydrogens is 418 g/mol. The number of hydrogen-bond donors (Lipinski definition) is 1. The minimum absolute atomic E-state index is 0.0756. The second-order valence-corrected chi connectivity index (χ2v) is 8.86. The zero-order valence-electron chi connectivity index (χ0n) is 18.6. The van der Waals surface area contributed by atoms with Crippen LogP contribution in [0.4, 0.5) is 10.5 Å². The quantitative estimate of drug-likeness (QED) is 0.760. The predicted molar refractivity (Wildman–Crippen MR) is 119 cm³/mol. The van der Waals surface area contributed by atoms with Crippen molar-refractivity contribution in [3.05, 3.63) is 33.3 Å². The predicted octanol–water partition coefficient (Wildman–Crippen LogP) is 2.98. The number of nitrogens with one attached hydrogen (secondary N) is 1. The first-order valence-corrected chi connectivity index (χ1v) is 11.2. The van der Waals surface area contributed by atoms with E-state index in [1.165, 1.54) is 11.3 Å². The number of piperazine rings is 1. The van der Waals surface area contributed by atoms with E-state index < -0.39 is 6.04 Å². The van der Waals surface area contributed by atoms with E-state index in [-0.39, 0.29) is 17.9 Å². The Labute approximate surface area is 186 Å². The van der Waals surface area contributed by atoms with Crippen molar-refractivity contribution in [3.8, 4) is 0 Å². The molecule has 1 aliphatic rings. The summed E-state index contributed by atoms with van der Waals surface area (Å²) in [6.07, 6.45) is 1.35. The molecule has 0 aromatic carbocycles. The summed E-state index contributed by atoms with van der Waals surface area (Å²) in [5.74, 6) is -0.258. The molecule has 0 radical (unpaired) electrons. The van der Waals surface area contributed by atoms with Crippen molar-refractivity contribution in [2.24, 2.45) is 0 Å². The van der Waals surface area contributed by atoms with Gasteiger partial charge in [0.25, 0.3) is 5.91 Å². The summed E-state index contributed by atoms with van der Waals surface area (Å²) >= 11 is 1.45. The number of nitrogens with zero attached hydrogens (tertiary/aromatic N) is 4. The maximum absolute atomic E-state index is 12.9. The molecule has 0 aliphatic carbocycles. The number of amides is 3. The van der Waals surface area contributed by atoms with Gasteiger partial charge in [-0.05, 0) is 46.2 Å². The van der Waals surface area contributed by atoms with Crippen molar-refractivity contribution in [1.82, 2.24) is 19.6 Å². The molecule has 1 saturated heterocycles. The Morgan fingerprint density at radius 1 is 1.16 bits per heavy atom. The molecule has 10 heteroatoms. The fourth-order valence-electron chi connectivity index (χ4n) is 3.37. The van der Waals surface area contributed by atoms with Crippen LogP contribution in [0.3, 0.4) is 0 Å². The van der Waals surface area contributed by atoms with Crippen LogP contribution in [0.1, 0.15) is 45.7 Å². The van der Waals surface area contributed by atoms with Crippen LogP contribution in [0.25, 0.3) is 0 Å². The Kier molecular flexibility index (Phi) is 6.99. The van der Waals surface area contributed by atoms with Gasteiger partial charge in [0.1, 0.15) is 6.04 Å². The van der Waals surface area contributed by atoms with Crippen LogP contribution in [-0.2, 0) is 9.53 Å². The zero-order chi connectivity index (χ0) is 22.7. The van der Waals surface area contributed by atoms with Gasteiger partial charge in [0.15, 0.2) is 0 Å². The molecule has 0 unspecified atom stereocenters. The molecule has 3 rings (SSSR count). The number of aryl methyl sites for hydroxylation is 3. The van der Waals surface area contributed by atoms with E-state index in [4.69, 9.17) is 4.74 Å². The molecule has 1 fully saturated rings. The van der Waals surface area contributed by atoms with E-state index in [0.29, 0.717) is 49.0 Å². The molecule has 1 aliphatic heterocycles.